The van der Waals surface area contributed by atoms with E-state index in [0.717, 1.165) is 25.7 Å². The van der Waals surface area contributed by atoms with Crippen LogP contribution in [0.2, 0.25) is 0 Å². The van der Waals surface area contributed by atoms with Gasteiger partial charge in [-0.15, -0.1) is 0 Å². The average Bonchev–Trinajstić information content (AvgIpc) is 2.75. The van der Waals surface area contributed by atoms with Gasteiger partial charge in [0.05, 0.1) is 7.11 Å². The Morgan fingerprint density at radius 2 is 1.54 bits per heavy atom. The van der Waals surface area contributed by atoms with Crippen LogP contribution in [0.1, 0.15) is 52.8 Å². The van der Waals surface area contributed by atoms with Gasteiger partial charge in [-0.2, -0.15) is 0 Å². The van der Waals surface area contributed by atoms with E-state index in [9.17, 15) is 9.59 Å². The van der Waals surface area contributed by atoms with E-state index in [1.165, 1.54) is 6.42 Å². The lowest BCUT2D eigenvalue weighted by molar-refractivity contribution is 0.0966. The van der Waals surface area contributed by atoms with Crippen LogP contribution in [-0.2, 0) is 0 Å². The van der Waals surface area contributed by atoms with Crippen molar-refractivity contribution in [2.75, 3.05) is 12.4 Å². The summed E-state index contributed by atoms with van der Waals surface area (Å²) in [5.74, 6) is 0.380. The molecule has 2 aliphatic carbocycles. The first-order chi connectivity index (χ1) is 13.7. The molecule has 0 amide bonds. The molecule has 28 heavy (non-hydrogen) atoms. The lowest BCUT2D eigenvalue weighted by Crippen LogP contribution is -2.39. The first kappa shape index (κ1) is 18.3. The lowest BCUT2D eigenvalue weighted by atomic mass is 9.88. The first-order valence-corrected chi connectivity index (χ1v) is 9.77. The molecular formula is C23H24N2O3. The van der Waals surface area contributed by atoms with Crippen molar-refractivity contribution in [2.45, 2.75) is 38.1 Å². The Morgan fingerprint density at radius 3 is 2.21 bits per heavy atom. The van der Waals surface area contributed by atoms with Crippen LogP contribution in [0.25, 0.3) is 0 Å². The van der Waals surface area contributed by atoms with Gasteiger partial charge in [-0.05, 0) is 25.0 Å². The van der Waals surface area contributed by atoms with Gasteiger partial charge in [0.25, 0.3) is 0 Å². The predicted octanol–water partition coefficient (Wildman–Crippen LogP) is 4.32. The zero-order chi connectivity index (χ0) is 19.5. The predicted molar refractivity (Wildman–Crippen MR) is 109 cm³/mol. The van der Waals surface area contributed by atoms with Gasteiger partial charge >= 0.3 is 0 Å². The molecule has 144 valence electrons. The third kappa shape index (κ3) is 3.52. The van der Waals surface area contributed by atoms with Crippen LogP contribution >= 0.6 is 0 Å². The zero-order valence-corrected chi connectivity index (χ0v) is 16.0. The third-order valence-corrected chi connectivity index (χ3v) is 5.41. The molecule has 0 unspecified atom stereocenters. The normalized spacial score (nSPS) is 17.3. The van der Waals surface area contributed by atoms with Crippen LogP contribution < -0.4 is 15.4 Å². The molecule has 1 fully saturated rings. The number of methoxy groups -OCH3 is 1. The Morgan fingerprint density at radius 1 is 0.857 bits per heavy atom. The van der Waals surface area contributed by atoms with Gasteiger partial charge < -0.3 is 15.4 Å². The maximum Gasteiger partial charge on any atom is 0.212 e. The van der Waals surface area contributed by atoms with Crippen molar-refractivity contribution >= 4 is 17.3 Å². The van der Waals surface area contributed by atoms with Gasteiger partial charge in [-0.3, -0.25) is 9.59 Å². The van der Waals surface area contributed by atoms with Crippen LogP contribution in [0.5, 0.6) is 5.75 Å². The largest absolute Gasteiger partial charge is 0.497 e. The molecule has 0 aliphatic heterocycles. The summed E-state index contributed by atoms with van der Waals surface area (Å²) in [6.45, 7) is 0. The number of carbonyl (C=O) groups is 2. The maximum atomic E-state index is 13.2. The molecule has 5 heteroatoms. The molecule has 0 saturated heterocycles. The second kappa shape index (κ2) is 7.89. The van der Waals surface area contributed by atoms with E-state index in [2.05, 4.69) is 10.6 Å². The number of nitrogens with one attached hydrogen (secondary N) is 2. The third-order valence-electron chi connectivity index (χ3n) is 5.41. The van der Waals surface area contributed by atoms with Crippen LogP contribution in [0.3, 0.4) is 0 Å². The van der Waals surface area contributed by atoms with Gasteiger partial charge in [0, 0.05) is 28.9 Å². The second-order valence-corrected chi connectivity index (χ2v) is 7.29. The molecule has 2 aromatic rings. The van der Waals surface area contributed by atoms with Gasteiger partial charge in [-0.1, -0.05) is 49.6 Å². The summed E-state index contributed by atoms with van der Waals surface area (Å²) in [4.78, 5) is 26.5. The summed E-state index contributed by atoms with van der Waals surface area (Å²) in [6, 6.07) is 14.6. The Bertz CT molecular complexity index is 942. The highest BCUT2D eigenvalue weighted by Crippen LogP contribution is 2.29. The Balaban J connectivity index is 1.74. The number of hydrogen-bond donors (Lipinski definition) is 2. The number of carbonyl (C=O) groups excluding carboxylic acids is 2. The molecule has 0 bridgehead atoms. The highest BCUT2D eigenvalue weighted by molar-refractivity contribution is 6.27. The topological polar surface area (TPSA) is 67.4 Å². The molecule has 0 atom stereocenters. The highest BCUT2D eigenvalue weighted by atomic mass is 16.5. The van der Waals surface area contributed by atoms with Gasteiger partial charge in [0.1, 0.15) is 17.1 Å². The Labute approximate surface area is 164 Å². The molecular weight excluding hydrogens is 352 g/mol. The molecule has 1 saturated carbocycles. The van der Waals surface area contributed by atoms with Crippen molar-refractivity contribution in [3.05, 3.63) is 71.1 Å². The van der Waals surface area contributed by atoms with Gasteiger partial charge in [-0.25, -0.2) is 0 Å². The molecule has 2 aliphatic rings. The average molecular weight is 376 g/mol. The molecule has 0 heterocycles. The molecule has 2 N–H and O–H groups in total. The molecule has 0 aromatic heterocycles. The summed E-state index contributed by atoms with van der Waals surface area (Å²) in [6.07, 6.45) is 5.53. The standard InChI is InChI=1S/C23H24N2O3/c1-28-17-11-7-10-16(14-17)25-21-20(24-15-8-3-2-4-9-15)22(26)18-12-5-6-13-19(18)23(21)27/h5-7,10-15,24-25H,2-4,8-9H2,1H3. The number of allylic oxidation sites excluding steroid dienone is 2. The van der Waals surface area contributed by atoms with E-state index in [4.69, 9.17) is 4.74 Å². The molecule has 5 nitrogen and oxygen atoms in total. The number of benzene rings is 2. The van der Waals surface area contributed by atoms with Crippen molar-refractivity contribution in [2.24, 2.45) is 0 Å². The van der Waals surface area contributed by atoms with Gasteiger partial charge in [0.2, 0.25) is 11.6 Å². The smallest absolute Gasteiger partial charge is 0.212 e. The number of hydrogen-bond acceptors (Lipinski definition) is 5. The number of fused-ring (bicyclic) bond motifs is 1. The minimum absolute atomic E-state index is 0.133. The summed E-state index contributed by atoms with van der Waals surface area (Å²) in [7, 11) is 1.60. The lowest BCUT2D eigenvalue weighted by Gasteiger charge is -2.29. The minimum atomic E-state index is -0.170. The quantitative estimate of drug-likeness (QED) is 0.813. The maximum absolute atomic E-state index is 13.2. The van der Waals surface area contributed by atoms with Crippen LogP contribution in [0, 0.1) is 0 Å². The van der Waals surface area contributed by atoms with Crippen molar-refractivity contribution in [1.82, 2.24) is 5.32 Å². The van der Waals surface area contributed by atoms with Crippen molar-refractivity contribution in [1.29, 1.82) is 0 Å². The van der Waals surface area contributed by atoms with E-state index >= 15 is 0 Å². The monoisotopic (exact) mass is 376 g/mol. The molecule has 2 aromatic carbocycles. The second-order valence-electron chi connectivity index (χ2n) is 7.29. The SMILES string of the molecule is COc1cccc(NC2=C(NC3CCCCC3)C(=O)c3ccccc3C2=O)c1. The number of ketones is 2. The fraction of sp³-hybridized carbons (Fsp3) is 0.304. The number of ether oxygens (including phenoxy) is 1. The van der Waals surface area contributed by atoms with Gasteiger partial charge in [0.15, 0.2) is 0 Å². The zero-order valence-electron chi connectivity index (χ0n) is 16.0. The Kier molecular flexibility index (Phi) is 5.15. The van der Waals surface area contributed by atoms with E-state index in [1.54, 1.807) is 31.4 Å². The van der Waals surface area contributed by atoms with E-state index in [0.29, 0.717) is 34.0 Å². The Hall–Kier alpha value is -3.08. The summed E-state index contributed by atoms with van der Waals surface area (Å²) >= 11 is 0. The van der Waals surface area contributed by atoms with Crippen molar-refractivity contribution < 1.29 is 14.3 Å². The van der Waals surface area contributed by atoms with Crippen LogP contribution in [0.4, 0.5) is 5.69 Å². The number of anilines is 1. The van der Waals surface area contributed by atoms with E-state index in [-0.39, 0.29) is 17.6 Å². The molecule has 0 spiro atoms. The first-order valence-electron chi connectivity index (χ1n) is 9.77. The summed E-state index contributed by atoms with van der Waals surface area (Å²) in [5.41, 5.74) is 2.29. The fourth-order valence-corrected chi connectivity index (χ4v) is 3.93. The van der Waals surface area contributed by atoms with Crippen LogP contribution in [0.15, 0.2) is 59.9 Å². The summed E-state index contributed by atoms with van der Waals surface area (Å²) in [5, 5.41) is 6.58. The van der Waals surface area contributed by atoms with Crippen molar-refractivity contribution in [3.8, 4) is 5.75 Å². The fourth-order valence-electron chi connectivity index (χ4n) is 3.93. The highest BCUT2D eigenvalue weighted by Gasteiger charge is 2.33. The van der Waals surface area contributed by atoms with E-state index < -0.39 is 0 Å². The van der Waals surface area contributed by atoms with E-state index in [1.807, 2.05) is 24.3 Å². The van der Waals surface area contributed by atoms with Crippen LogP contribution in [-0.4, -0.2) is 24.7 Å². The minimum Gasteiger partial charge on any atom is -0.497 e. The summed E-state index contributed by atoms with van der Waals surface area (Å²) < 4.78 is 5.27. The number of Topliss-reactive ketones (excluding diaryl/α,β-unsaturated/α-hetero) is 2. The van der Waals surface area contributed by atoms with Crippen molar-refractivity contribution in [3.63, 3.8) is 0 Å². The molecule has 4 rings (SSSR count). The molecule has 0 radical (unpaired) electrons. The number of rotatable bonds is 5.